The molecule has 4 heteroatoms. The second kappa shape index (κ2) is 8.78. The molecular formula is C17H29N3O. The molecule has 0 unspecified atom stereocenters. The number of aromatic nitrogens is 1. The number of piperazine rings is 1. The lowest BCUT2D eigenvalue weighted by Gasteiger charge is -2.35. The fraction of sp³-hybridized carbons (Fsp3) is 0.647. The van der Waals surface area contributed by atoms with Crippen molar-refractivity contribution in [1.29, 1.82) is 0 Å². The van der Waals surface area contributed by atoms with E-state index in [0.29, 0.717) is 5.69 Å². The van der Waals surface area contributed by atoms with Crippen molar-refractivity contribution in [3.8, 4) is 0 Å². The molecule has 21 heavy (non-hydrogen) atoms. The maximum Gasteiger partial charge on any atom is 0.183 e. The molecule has 1 aliphatic rings. The van der Waals surface area contributed by atoms with Crippen molar-refractivity contribution in [2.75, 3.05) is 37.6 Å². The molecule has 4 nitrogen and oxygen atoms in total. The quantitative estimate of drug-likeness (QED) is 0.799. The van der Waals surface area contributed by atoms with Crippen LogP contribution in [0.3, 0.4) is 0 Å². The van der Waals surface area contributed by atoms with Crippen LogP contribution in [0.5, 0.6) is 0 Å². The van der Waals surface area contributed by atoms with E-state index in [2.05, 4.69) is 21.7 Å². The van der Waals surface area contributed by atoms with Crippen LogP contribution in [-0.4, -0.2) is 48.4 Å². The first kappa shape index (κ1) is 17.6. The summed E-state index contributed by atoms with van der Waals surface area (Å²) in [6.45, 7) is 15.4. The smallest absolute Gasteiger partial charge is 0.183 e. The fourth-order valence-corrected chi connectivity index (χ4v) is 2.34. The van der Waals surface area contributed by atoms with Crippen molar-refractivity contribution < 1.29 is 4.79 Å². The Balaban J connectivity index is 0.00000106. The SMILES string of the molecule is CC.CCN1CCN(c2ccc(C(=O)C(C)C)nc2)CC1. The van der Waals surface area contributed by atoms with Gasteiger partial charge in [0.2, 0.25) is 0 Å². The predicted molar refractivity (Wildman–Crippen MR) is 89.1 cm³/mol. The molecule has 2 heterocycles. The van der Waals surface area contributed by atoms with E-state index in [-0.39, 0.29) is 11.7 Å². The molecule has 1 aliphatic heterocycles. The number of hydrogen-bond donors (Lipinski definition) is 0. The van der Waals surface area contributed by atoms with Gasteiger partial charge in [-0.3, -0.25) is 9.78 Å². The van der Waals surface area contributed by atoms with Gasteiger partial charge >= 0.3 is 0 Å². The number of pyridine rings is 1. The number of nitrogens with zero attached hydrogens (tertiary/aromatic N) is 3. The summed E-state index contributed by atoms with van der Waals surface area (Å²) in [6, 6.07) is 3.87. The van der Waals surface area contributed by atoms with E-state index in [1.54, 1.807) is 0 Å². The molecular weight excluding hydrogens is 262 g/mol. The Hall–Kier alpha value is -1.42. The zero-order chi connectivity index (χ0) is 15.8. The standard InChI is InChI=1S/C15H23N3O.C2H6/c1-4-17-7-9-18(10-8-17)13-5-6-14(16-11-13)15(19)12(2)3;1-2/h5-6,11-12H,4,7-10H2,1-3H3;1-2H3. The van der Waals surface area contributed by atoms with E-state index in [4.69, 9.17) is 0 Å². The first-order valence-electron chi connectivity index (χ1n) is 8.09. The number of anilines is 1. The second-order valence-corrected chi connectivity index (χ2v) is 5.34. The van der Waals surface area contributed by atoms with Crippen LogP contribution in [0.1, 0.15) is 45.1 Å². The van der Waals surface area contributed by atoms with Crippen LogP contribution in [0.15, 0.2) is 18.3 Å². The number of Topliss-reactive ketones (excluding diaryl/α,β-unsaturated/α-hetero) is 1. The minimum absolute atomic E-state index is 0.00597. The highest BCUT2D eigenvalue weighted by Crippen LogP contribution is 2.16. The maximum absolute atomic E-state index is 11.8. The highest BCUT2D eigenvalue weighted by Gasteiger charge is 2.17. The zero-order valence-corrected chi connectivity index (χ0v) is 14.1. The summed E-state index contributed by atoms with van der Waals surface area (Å²) in [5, 5.41) is 0. The maximum atomic E-state index is 11.8. The summed E-state index contributed by atoms with van der Waals surface area (Å²) in [5.74, 6) is 0.119. The van der Waals surface area contributed by atoms with Gasteiger partial charge in [0.1, 0.15) is 5.69 Å². The van der Waals surface area contributed by atoms with E-state index in [1.165, 1.54) is 0 Å². The van der Waals surface area contributed by atoms with Gasteiger partial charge in [0.25, 0.3) is 0 Å². The van der Waals surface area contributed by atoms with Crippen LogP contribution in [0, 0.1) is 5.92 Å². The summed E-state index contributed by atoms with van der Waals surface area (Å²) >= 11 is 0. The summed E-state index contributed by atoms with van der Waals surface area (Å²) in [7, 11) is 0. The van der Waals surface area contributed by atoms with Crippen molar-refractivity contribution in [3.63, 3.8) is 0 Å². The third-order valence-electron chi connectivity index (χ3n) is 3.71. The first-order chi connectivity index (χ1) is 10.1. The number of hydrogen-bond acceptors (Lipinski definition) is 4. The molecule has 0 atom stereocenters. The monoisotopic (exact) mass is 291 g/mol. The van der Waals surface area contributed by atoms with Gasteiger partial charge in [-0.15, -0.1) is 0 Å². The van der Waals surface area contributed by atoms with Gasteiger partial charge < -0.3 is 9.80 Å². The summed E-state index contributed by atoms with van der Waals surface area (Å²) in [6.07, 6.45) is 1.83. The Bertz CT molecular complexity index is 420. The molecule has 0 N–H and O–H groups in total. The molecule has 2 rings (SSSR count). The van der Waals surface area contributed by atoms with E-state index in [9.17, 15) is 4.79 Å². The predicted octanol–water partition coefficient (Wildman–Crippen LogP) is 3.09. The molecule has 0 spiro atoms. The molecule has 1 aromatic heterocycles. The number of rotatable bonds is 4. The molecule has 1 aromatic rings. The number of carbonyl (C=O) groups is 1. The average molecular weight is 291 g/mol. The van der Waals surface area contributed by atoms with Crippen molar-refractivity contribution in [2.24, 2.45) is 5.92 Å². The van der Waals surface area contributed by atoms with E-state index in [1.807, 2.05) is 46.0 Å². The van der Waals surface area contributed by atoms with Crippen LogP contribution in [0.25, 0.3) is 0 Å². The molecule has 1 fully saturated rings. The molecule has 118 valence electrons. The lowest BCUT2D eigenvalue weighted by molar-refractivity contribution is 0.0934. The van der Waals surface area contributed by atoms with Gasteiger partial charge in [-0.2, -0.15) is 0 Å². The van der Waals surface area contributed by atoms with Crippen molar-refractivity contribution in [1.82, 2.24) is 9.88 Å². The van der Waals surface area contributed by atoms with Gasteiger partial charge in [-0.25, -0.2) is 0 Å². The minimum Gasteiger partial charge on any atom is -0.368 e. The lowest BCUT2D eigenvalue weighted by Crippen LogP contribution is -2.46. The van der Waals surface area contributed by atoms with Crippen LogP contribution in [-0.2, 0) is 0 Å². The topological polar surface area (TPSA) is 36.4 Å². The van der Waals surface area contributed by atoms with E-state index in [0.717, 1.165) is 38.4 Å². The largest absolute Gasteiger partial charge is 0.368 e. The Morgan fingerprint density at radius 1 is 1.19 bits per heavy atom. The van der Waals surface area contributed by atoms with Crippen LogP contribution >= 0.6 is 0 Å². The van der Waals surface area contributed by atoms with Crippen LogP contribution in [0.4, 0.5) is 5.69 Å². The number of carbonyl (C=O) groups excluding carboxylic acids is 1. The normalized spacial score (nSPS) is 15.6. The van der Waals surface area contributed by atoms with Crippen LogP contribution in [0.2, 0.25) is 0 Å². The molecule has 0 saturated carbocycles. The first-order valence-corrected chi connectivity index (χ1v) is 8.09. The fourth-order valence-electron chi connectivity index (χ4n) is 2.34. The molecule has 0 aliphatic carbocycles. The highest BCUT2D eigenvalue weighted by molar-refractivity contribution is 5.95. The van der Waals surface area contributed by atoms with Gasteiger partial charge in [0.15, 0.2) is 5.78 Å². The van der Waals surface area contributed by atoms with E-state index >= 15 is 0 Å². The Morgan fingerprint density at radius 2 is 1.81 bits per heavy atom. The molecule has 0 radical (unpaired) electrons. The minimum atomic E-state index is 0.00597. The van der Waals surface area contributed by atoms with Crippen molar-refractivity contribution in [2.45, 2.75) is 34.6 Å². The Labute approximate surface area is 129 Å². The van der Waals surface area contributed by atoms with E-state index < -0.39 is 0 Å². The second-order valence-electron chi connectivity index (χ2n) is 5.34. The summed E-state index contributed by atoms with van der Waals surface area (Å²) in [4.78, 5) is 20.9. The number of ketones is 1. The summed E-state index contributed by atoms with van der Waals surface area (Å²) < 4.78 is 0. The molecule has 1 saturated heterocycles. The lowest BCUT2D eigenvalue weighted by atomic mass is 10.1. The Morgan fingerprint density at radius 3 is 2.24 bits per heavy atom. The van der Waals surface area contributed by atoms with Gasteiger partial charge in [-0.05, 0) is 18.7 Å². The van der Waals surface area contributed by atoms with Gasteiger partial charge in [-0.1, -0.05) is 34.6 Å². The van der Waals surface area contributed by atoms with Gasteiger partial charge in [0.05, 0.1) is 11.9 Å². The molecule has 0 aromatic carbocycles. The van der Waals surface area contributed by atoms with Crippen molar-refractivity contribution >= 4 is 11.5 Å². The van der Waals surface area contributed by atoms with Gasteiger partial charge in [0, 0.05) is 32.1 Å². The summed E-state index contributed by atoms with van der Waals surface area (Å²) in [5.41, 5.74) is 1.70. The third kappa shape index (κ3) is 4.81. The Kier molecular flexibility index (Phi) is 7.37. The molecule has 0 amide bonds. The van der Waals surface area contributed by atoms with Crippen molar-refractivity contribution in [3.05, 3.63) is 24.0 Å². The highest BCUT2D eigenvalue weighted by atomic mass is 16.1. The molecule has 0 bridgehead atoms. The third-order valence-corrected chi connectivity index (χ3v) is 3.71. The van der Waals surface area contributed by atoms with Crippen LogP contribution < -0.4 is 4.90 Å². The number of likely N-dealkylation sites (N-methyl/N-ethyl adjacent to an activating group) is 1. The average Bonchev–Trinajstić information content (AvgIpc) is 2.56. The zero-order valence-electron chi connectivity index (χ0n) is 14.1.